The number of urea groups is 1. The molecular formula is C25H27N5O3. The van der Waals surface area contributed by atoms with Gasteiger partial charge in [0.15, 0.2) is 0 Å². The van der Waals surface area contributed by atoms with E-state index in [2.05, 4.69) is 26.5 Å². The number of furan rings is 1. The zero-order valence-corrected chi connectivity index (χ0v) is 18.1. The van der Waals surface area contributed by atoms with E-state index in [1.165, 1.54) is 0 Å². The average molecular weight is 446 g/mol. The molecule has 0 aliphatic heterocycles. The predicted molar refractivity (Wildman–Crippen MR) is 126 cm³/mol. The first kappa shape index (κ1) is 22.2. The van der Waals surface area contributed by atoms with Crippen molar-refractivity contribution in [1.82, 2.24) is 26.5 Å². The predicted octanol–water partition coefficient (Wildman–Crippen LogP) is 3.03. The molecule has 1 unspecified atom stereocenters. The summed E-state index contributed by atoms with van der Waals surface area (Å²) in [5.74, 6) is 0.446. The summed E-state index contributed by atoms with van der Waals surface area (Å²) in [5, 5.41) is 6.75. The number of fused-ring (bicyclic) bond motifs is 1. The molecule has 0 aliphatic rings. The van der Waals surface area contributed by atoms with E-state index in [9.17, 15) is 9.59 Å². The molecule has 2 aromatic heterocycles. The molecule has 8 nitrogen and oxygen atoms in total. The van der Waals surface area contributed by atoms with E-state index >= 15 is 0 Å². The Morgan fingerprint density at radius 2 is 1.79 bits per heavy atom. The number of hydrogen-bond donors (Lipinski definition) is 5. The summed E-state index contributed by atoms with van der Waals surface area (Å²) in [7, 11) is 0. The maximum absolute atomic E-state index is 13.0. The number of carbonyl (C=O) groups is 2. The summed E-state index contributed by atoms with van der Waals surface area (Å²) in [4.78, 5) is 28.7. The van der Waals surface area contributed by atoms with Crippen LogP contribution in [0.4, 0.5) is 4.79 Å². The van der Waals surface area contributed by atoms with E-state index in [0.717, 1.165) is 22.0 Å². The second-order valence-corrected chi connectivity index (χ2v) is 7.67. The van der Waals surface area contributed by atoms with Gasteiger partial charge in [0.2, 0.25) is 5.91 Å². The van der Waals surface area contributed by atoms with Crippen LogP contribution in [0.3, 0.4) is 0 Å². The number of H-pyrrole nitrogens is 1. The highest BCUT2D eigenvalue weighted by molar-refractivity contribution is 5.89. The number of aromatic amines is 1. The number of nitrogens with one attached hydrogen (secondary N) is 5. The zero-order valence-electron chi connectivity index (χ0n) is 18.1. The third kappa shape index (κ3) is 6.24. The summed E-state index contributed by atoms with van der Waals surface area (Å²) >= 11 is 0. The lowest BCUT2D eigenvalue weighted by molar-refractivity contribution is -0.122. The van der Waals surface area contributed by atoms with Gasteiger partial charge in [-0.1, -0.05) is 48.5 Å². The Labute approximate surface area is 191 Å². The van der Waals surface area contributed by atoms with Gasteiger partial charge in [0, 0.05) is 30.1 Å². The normalized spacial score (nSPS) is 11.8. The van der Waals surface area contributed by atoms with Crippen LogP contribution in [0.15, 0.2) is 83.6 Å². The molecule has 0 aliphatic carbocycles. The van der Waals surface area contributed by atoms with Gasteiger partial charge in [0.25, 0.3) is 0 Å². The number of amides is 3. The summed E-state index contributed by atoms with van der Waals surface area (Å²) in [6, 6.07) is 20.1. The van der Waals surface area contributed by atoms with Crippen molar-refractivity contribution in [2.75, 3.05) is 6.54 Å². The topological polar surface area (TPSA) is 111 Å². The number of rotatable bonds is 10. The van der Waals surface area contributed by atoms with Crippen molar-refractivity contribution in [2.45, 2.75) is 25.4 Å². The molecular weight excluding hydrogens is 418 g/mol. The molecule has 4 aromatic rings. The zero-order chi connectivity index (χ0) is 22.9. The molecule has 2 aromatic carbocycles. The van der Waals surface area contributed by atoms with E-state index in [0.29, 0.717) is 31.7 Å². The van der Waals surface area contributed by atoms with Crippen molar-refractivity contribution < 1.29 is 14.0 Å². The molecule has 3 amide bonds. The van der Waals surface area contributed by atoms with Gasteiger partial charge in [-0.15, -0.1) is 0 Å². The molecule has 0 saturated heterocycles. The van der Waals surface area contributed by atoms with E-state index in [4.69, 9.17) is 4.42 Å². The van der Waals surface area contributed by atoms with Gasteiger partial charge in [0.1, 0.15) is 11.8 Å². The van der Waals surface area contributed by atoms with Gasteiger partial charge < -0.3 is 20.0 Å². The molecule has 1 atom stereocenters. The van der Waals surface area contributed by atoms with Crippen LogP contribution in [-0.2, 0) is 24.2 Å². The molecule has 170 valence electrons. The monoisotopic (exact) mass is 445 g/mol. The third-order valence-electron chi connectivity index (χ3n) is 5.32. The van der Waals surface area contributed by atoms with Crippen LogP contribution >= 0.6 is 0 Å². The lowest BCUT2D eigenvalue weighted by Gasteiger charge is -2.19. The van der Waals surface area contributed by atoms with Crippen LogP contribution in [0.2, 0.25) is 0 Å². The summed E-state index contributed by atoms with van der Waals surface area (Å²) in [6.45, 7) is 0.810. The SMILES string of the molecule is O=C(NNCc1ccco1)NC(Cc1c[nH]c2ccccc12)C(=O)NCCc1ccccc1. The lowest BCUT2D eigenvalue weighted by Crippen LogP contribution is -2.53. The van der Waals surface area contributed by atoms with E-state index in [1.807, 2.05) is 60.8 Å². The maximum atomic E-state index is 13.0. The Morgan fingerprint density at radius 3 is 2.61 bits per heavy atom. The van der Waals surface area contributed by atoms with Crippen LogP contribution in [0, 0.1) is 0 Å². The fourth-order valence-electron chi connectivity index (χ4n) is 3.65. The Bertz CT molecular complexity index is 1170. The number of para-hydroxylation sites is 1. The van der Waals surface area contributed by atoms with Gasteiger partial charge in [-0.05, 0) is 35.7 Å². The Balaban J connectivity index is 1.38. The fourth-order valence-corrected chi connectivity index (χ4v) is 3.65. The maximum Gasteiger partial charge on any atom is 0.329 e. The number of hydrazine groups is 1. The minimum Gasteiger partial charge on any atom is -0.468 e. The van der Waals surface area contributed by atoms with Gasteiger partial charge in [-0.25, -0.2) is 10.2 Å². The van der Waals surface area contributed by atoms with Crippen LogP contribution in [-0.4, -0.2) is 29.5 Å². The summed E-state index contributed by atoms with van der Waals surface area (Å²) in [5.41, 5.74) is 8.43. The fraction of sp³-hybridized carbons (Fsp3) is 0.200. The second kappa shape index (κ2) is 11.0. The highest BCUT2D eigenvalue weighted by atomic mass is 16.3. The number of aromatic nitrogens is 1. The highest BCUT2D eigenvalue weighted by Gasteiger charge is 2.22. The summed E-state index contributed by atoms with van der Waals surface area (Å²) in [6.07, 6.45) is 4.51. The molecule has 0 saturated carbocycles. The average Bonchev–Trinajstić information content (AvgIpc) is 3.50. The smallest absolute Gasteiger partial charge is 0.329 e. The van der Waals surface area contributed by atoms with Gasteiger partial charge in [-0.3, -0.25) is 10.2 Å². The molecule has 4 rings (SSSR count). The first-order valence-electron chi connectivity index (χ1n) is 10.9. The van der Waals surface area contributed by atoms with E-state index in [-0.39, 0.29) is 5.91 Å². The van der Waals surface area contributed by atoms with Crippen LogP contribution in [0.1, 0.15) is 16.9 Å². The van der Waals surface area contributed by atoms with Crippen LogP contribution in [0.5, 0.6) is 0 Å². The van der Waals surface area contributed by atoms with Crippen molar-refractivity contribution in [3.8, 4) is 0 Å². The number of carbonyl (C=O) groups excluding carboxylic acids is 2. The first-order chi connectivity index (χ1) is 16.2. The molecule has 2 heterocycles. The Morgan fingerprint density at radius 1 is 0.970 bits per heavy atom. The van der Waals surface area contributed by atoms with Gasteiger partial charge in [-0.2, -0.15) is 0 Å². The summed E-state index contributed by atoms with van der Waals surface area (Å²) < 4.78 is 5.22. The Kier molecular flexibility index (Phi) is 7.40. The van der Waals surface area contributed by atoms with Gasteiger partial charge >= 0.3 is 6.03 Å². The highest BCUT2D eigenvalue weighted by Crippen LogP contribution is 2.19. The van der Waals surface area contributed by atoms with E-state index in [1.54, 1.807) is 18.4 Å². The molecule has 33 heavy (non-hydrogen) atoms. The minimum absolute atomic E-state index is 0.239. The van der Waals surface area contributed by atoms with Crippen molar-refractivity contribution in [2.24, 2.45) is 0 Å². The minimum atomic E-state index is -0.745. The van der Waals surface area contributed by atoms with Crippen LogP contribution in [0.25, 0.3) is 10.9 Å². The molecule has 8 heteroatoms. The standard InChI is InChI=1S/C25H27N5O3/c31-24(26-13-12-18-7-2-1-3-8-18)23(15-19-16-27-22-11-5-4-10-21(19)22)29-25(32)30-28-17-20-9-6-14-33-20/h1-11,14,16,23,27-28H,12-13,15,17H2,(H,26,31)(H2,29,30,32). The van der Waals surface area contributed by atoms with Gasteiger partial charge in [0.05, 0.1) is 12.8 Å². The largest absolute Gasteiger partial charge is 0.468 e. The molecule has 0 fully saturated rings. The van der Waals surface area contributed by atoms with Crippen molar-refractivity contribution >= 4 is 22.8 Å². The molecule has 5 N–H and O–H groups in total. The third-order valence-corrected chi connectivity index (χ3v) is 5.32. The van der Waals surface area contributed by atoms with Crippen molar-refractivity contribution in [1.29, 1.82) is 0 Å². The lowest BCUT2D eigenvalue weighted by atomic mass is 10.0. The number of benzene rings is 2. The Hall–Kier alpha value is -4.04. The molecule has 0 spiro atoms. The van der Waals surface area contributed by atoms with Crippen molar-refractivity contribution in [3.63, 3.8) is 0 Å². The second-order valence-electron chi connectivity index (χ2n) is 7.67. The van der Waals surface area contributed by atoms with E-state index < -0.39 is 12.1 Å². The molecule has 0 bridgehead atoms. The van der Waals surface area contributed by atoms with Crippen molar-refractivity contribution in [3.05, 3.63) is 96.1 Å². The number of hydrogen-bond acceptors (Lipinski definition) is 4. The quantitative estimate of drug-likeness (QED) is 0.242. The first-order valence-corrected chi connectivity index (χ1v) is 10.9. The van der Waals surface area contributed by atoms with Crippen LogP contribution < -0.4 is 21.5 Å². The molecule has 0 radical (unpaired) electrons.